The number of anilines is 1. The standard InChI is InChI=1S/C18H16BrN3O2S2/c1-12-4-2-3-5-13(12)11-25-18-22-21-17(26-18)20-16(23)10-24-15-8-6-14(19)7-9-15/h2-9H,10-11H2,1H3,(H,20,21,23). The number of hydrogen-bond acceptors (Lipinski definition) is 6. The molecule has 134 valence electrons. The largest absolute Gasteiger partial charge is 0.484 e. The summed E-state index contributed by atoms with van der Waals surface area (Å²) in [6.07, 6.45) is 0. The summed E-state index contributed by atoms with van der Waals surface area (Å²) in [4.78, 5) is 12.0. The second-order valence-electron chi connectivity index (χ2n) is 5.38. The third-order valence-electron chi connectivity index (χ3n) is 3.45. The van der Waals surface area contributed by atoms with Gasteiger partial charge in [-0.15, -0.1) is 10.2 Å². The lowest BCUT2D eigenvalue weighted by Gasteiger charge is -2.05. The Morgan fingerprint density at radius 2 is 1.96 bits per heavy atom. The van der Waals surface area contributed by atoms with E-state index in [0.29, 0.717) is 10.9 Å². The minimum Gasteiger partial charge on any atom is -0.484 e. The van der Waals surface area contributed by atoms with Crippen LogP contribution in [0.1, 0.15) is 11.1 Å². The zero-order valence-electron chi connectivity index (χ0n) is 13.9. The van der Waals surface area contributed by atoms with Crippen molar-refractivity contribution in [2.45, 2.75) is 17.0 Å². The van der Waals surface area contributed by atoms with Crippen molar-refractivity contribution in [2.75, 3.05) is 11.9 Å². The fourth-order valence-corrected chi connectivity index (χ4v) is 4.17. The molecule has 0 fully saturated rings. The number of hydrogen-bond donors (Lipinski definition) is 1. The number of benzene rings is 2. The van der Waals surface area contributed by atoms with Crippen LogP contribution in [0, 0.1) is 6.92 Å². The van der Waals surface area contributed by atoms with Gasteiger partial charge in [0.05, 0.1) is 0 Å². The summed E-state index contributed by atoms with van der Waals surface area (Å²) >= 11 is 6.31. The number of ether oxygens (including phenoxy) is 1. The molecule has 1 aromatic heterocycles. The molecule has 0 saturated heterocycles. The Labute approximate surface area is 168 Å². The van der Waals surface area contributed by atoms with Crippen molar-refractivity contribution in [1.82, 2.24) is 10.2 Å². The van der Waals surface area contributed by atoms with Crippen LogP contribution in [0.4, 0.5) is 5.13 Å². The van der Waals surface area contributed by atoms with Crippen LogP contribution >= 0.6 is 39.0 Å². The molecule has 26 heavy (non-hydrogen) atoms. The lowest BCUT2D eigenvalue weighted by molar-refractivity contribution is -0.118. The van der Waals surface area contributed by atoms with Crippen molar-refractivity contribution in [1.29, 1.82) is 0 Å². The maximum Gasteiger partial charge on any atom is 0.264 e. The van der Waals surface area contributed by atoms with Crippen LogP contribution in [0.3, 0.4) is 0 Å². The van der Waals surface area contributed by atoms with Gasteiger partial charge in [0.15, 0.2) is 10.9 Å². The molecular weight excluding hydrogens is 434 g/mol. The Morgan fingerprint density at radius 1 is 1.19 bits per heavy atom. The topological polar surface area (TPSA) is 64.1 Å². The highest BCUT2D eigenvalue weighted by molar-refractivity contribution is 9.10. The van der Waals surface area contributed by atoms with Crippen molar-refractivity contribution in [3.63, 3.8) is 0 Å². The first-order chi connectivity index (χ1) is 12.6. The maximum atomic E-state index is 12.0. The third kappa shape index (κ3) is 5.55. The summed E-state index contributed by atoms with van der Waals surface area (Å²) in [6.45, 7) is 2.01. The molecule has 0 atom stereocenters. The van der Waals surface area contributed by atoms with E-state index < -0.39 is 0 Å². The summed E-state index contributed by atoms with van der Waals surface area (Å²) in [6, 6.07) is 15.5. The molecule has 1 N–H and O–H groups in total. The zero-order chi connectivity index (χ0) is 18.4. The highest BCUT2D eigenvalue weighted by Gasteiger charge is 2.10. The van der Waals surface area contributed by atoms with Gasteiger partial charge < -0.3 is 4.74 Å². The SMILES string of the molecule is Cc1ccccc1CSc1nnc(NC(=O)COc2ccc(Br)cc2)s1. The molecule has 0 aliphatic rings. The van der Waals surface area contributed by atoms with Crippen LogP contribution in [-0.4, -0.2) is 22.7 Å². The van der Waals surface area contributed by atoms with Crippen molar-refractivity contribution in [3.8, 4) is 5.75 Å². The fourth-order valence-electron chi connectivity index (χ4n) is 2.07. The van der Waals surface area contributed by atoms with E-state index in [1.165, 1.54) is 22.5 Å². The van der Waals surface area contributed by atoms with Gasteiger partial charge in [-0.2, -0.15) is 0 Å². The van der Waals surface area contributed by atoms with E-state index in [9.17, 15) is 4.79 Å². The fraction of sp³-hybridized carbons (Fsp3) is 0.167. The number of aryl methyl sites for hydroxylation is 1. The molecule has 0 saturated carbocycles. The molecule has 0 aliphatic carbocycles. The number of halogens is 1. The van der Waals surface area contributed by atoms with Gasteiger partial charge in [-0.3, -0.25) is 10.1 Å². The maximum absolute atomic E-state index is 12.0. The number of amides is 1. The van der Waals surface area contributed by atoms with E-state index in [4.69, 9.17) is 4.74 Å². The number of nitrogens with zero attached hydrogens (tertiary/aromatic N) is 2. The highest BCUT2D eigenvalue weighted by Crippen LogP contribution is 2.29. The van der Waals surface area contributed by atoms with Crippen molar-refractivity contribution < 1.29 is 9.53 Å². The first kappa shape index (κ1) is 18.9. The molecule has 3 aromatic rings. The highest BCUT2D eigenvalue weighted by atomic mass is 79.9. The van der Waals surface area contributed by atoms with Gasteiger partial charge in [-0.1, -0.05) is 63.3 Å². The summed E-state index contributed by atoms with van der Waals surface area (Å²) < 4.78 is 7.21. The monoisotopic (exact) mass is 449 g/mol. The Balaban J connectivity index is 1.47. The predicted molar refractivity (Wildman–Crippen MR) is 109 cm³/mol. The Kier molecular flexibility index (Phi) is 6.65. The number of nitrogens with one attached hydrogen (secondary N) is 1. The van der Waals surface area contributed by atoms with Crippen LogP contribution in [0.2, 0.25) is 0 Å². The van der Waals surface area contributed by atoms with Crippen LogP contribution in [0.5, 0.6) is 5.75 Å². The Hall–Kier alpha value is -1.90. The van der Waals surface area contributed by atoms with E-state index in [1.54, 1.807) is 23.9 Å². The molecule has 3 rings (SSSR count). The number of aromatic nitrogens is 2. The van der Waals surface area contributed by atoms with Gasteiger partial charge >= 0.3 is 0 Å². The van der Waals surface area contributed by atoms with Gasteiger partial charge in [-0.05, 0) is 42.3 Å². The number of rotatable bonds is 7. The van der Waals surface area contributed by atoms with E-state index in [0.717, 1.165) is 14.6 Å². The summed E-state index contributed by atoms with van der Waals surface area (Å²) in [5.41, 5.74) is 2.52. The summed E-state index contributed by atoms with van der Waals surface area (Å²) in [7, 11) is 0. The van der Waals surface area contributed by atoms with Crippen LogP contribution in [-0.2, 0) is 10.5 Å². The number of carbonyl (C=O) groups is 1. The van der Waals surface area contributed by atoms with E-state index in [-0.39, 0.29) is 12.5 Å². The molecule has 0 bridgehead atoms. The van der Waals surface area contributed by atoms with Gasteiger partial charge in [0.2, 0.25) is 5.13 Å². The Bertz CT molecular complexity index is 884. The Morgan fingerprint density at radius 3 is 2.73 bits per heavy atom. The second-order valence-corrected chi connectivity index (χ2v) is 8.49. The lowest BCUT2D eigenvalue weighted by atomic mass is 10.1. The smallest absolute Gasteiger partial charge is 0.264 e. The molecule has 8 heteroatoms. The average molecular weight is 450 g/mol. The molecule has 0 radical (unpaired) electrons. The molecule has 2 aromatic carbocycles. The lowest BCUT2D eigenvalue weighted by Crippen LogP contribution is -2.20. The minimum atomic E-state index is -0.264. The average Bonchev–Trinajstić information content (AvgIpc) is 3.08. The van der Waals surface area contributed by atoms with Crippen LogP contribution < -0.4 is 10.1 Å². The normalized spacial score (nSPS) is 10.5. The van der Waals surface area contributed by atoms with E-state index >= 15 is 0 Å². The van der Waals surface area contributed by atoms with Crippen LogP contribution in [0.25, 0.3) is 0 Å². The molecule has 1 heterocycles. The summed E-state index contributed by atoms with van der Waals surface area (Å²) in [5, 5.41) is 11.3. The van der Waals surface area contributed by atoms with Crippen LogP contribution in [0.15, 0.2) is 57.3 Å². The van der Waals surface area contributed by atoms with Crippen molar-refractivity contribution in [2.24, 2.45) is 0 Å². The first-order valence-electron chi connectivity index (χ1n) is 7.79. The second kappa shape index (κ2) is 9.16. The van der Waals surface area contributed by atoms with Crippen molar-refractivity contribution in [3.05, 3.63) is 64.1 Å². The van der Waals surface area contributed by atoms with Gasteiger partial charge in [0.25, 0.3) is 5.91 Å². The summed E-state index contributed by atoms with van der Waals surface area (Å²) in [5.74, 6) is 1.19. The first-order valence-corrected chi connectivity index (χ1v) is 10.4. The van der Waals surface area contributed by atoms with Gasteiger partial charge in [-0.25, -0.2) is 0 Å². The van der Waals surface area contributed by atoms with E-state index in [2.05, 4.69) is 50.5 Å². The van der Waals surface area contributed by atoms with E-state index in [1.807, 2.05) is 24.3 Å². The quantitative estimate of drug-likeness (QED) is 0.409. The minimum absolute atomic E-state index is 0.0765. The molecule has 0 spiro atoms. The van der Waals surface area contributed by atoms with Gasteiger partial charge in [0, 0.05) is 10.2 Å². The predicted octanol–water partition coefficient (Wildman–Crippen LogP) is 4.92. The molecule has 5 nitrogen and oxygen atoms in total. The number of thioether (sulfide) groups is 1. The van der Waals surface area contributed by atoms with Gasteiger partial charge in [0.1, 0.15) is 5.75 Å². The molecule has 1 amide bonds. The molecule has 0 aliphatic heterocycles. The molecular formula is C18H16BrN3O2S2. The number of carbonyl (C=O) groups excluding carboxylic acids is 1. The zero-order valence-corrected chi connectivity index (χ0v) is 17.2. The van der Waals surface area contributed by atoms with Crippen molar-refractivity contribution >= 4 is 50.1 Å². The third-order valence-corrected chi connectivity index (χ3v) is 6.00. The molecule has 0 unspecified atom stereocenters.